The van der Waals surface area contributed by atoms with E-state index in [0.717, 1.165) is 12.3 Å². The topological polar surface area (TPSA) is 94.8 Å². The number of hydrogen-bond acceptors (Lipinski definition) is 6. The minimum atomic E-state index is -4.54. The number of imidazole rings is 1. The highest BCUT2D eigenvalue weighted by molar-refractivity contribution is 5.92. The molecule has 0 bridgehead atoms. The summed E-state index contributed by atoms with van der Waals surface area (Å²) in [4.78, 5) is 29.3. The first-order valence-electron chi connectivity index (χ1n) is 9.60. The third kappa shape index (κ3) is 4.66. The second kappa shape index (κ2) is 8.58. The average Bonchev–Trinajstić information content (AvgIpc) is 3.09. The minimum Gasteiger partial charge on any atom is -0.379 e. The molecule has 166 valence electrons. The van der Waals surface area contributed by atoms with Gasteiger partial charge in [0, 0.05) is 25.5 Å². The highest BCUT2D eigenvalue weighted by atomic mass is 19.4. The average molecular weight is 436 g/mol. The lowest BCUT2D eigenvalue weighted by atomic mass is 10.1. The molecule has 0 unspecified atom stereocenters. The molecule has 11 heteroatoms. The maximum absolute atomic E-state index is 13.1. The number of rotatable bonds is 6. The van der Waals surface area contributed by atoms with Gasteiger partial charge in [0.25, 0.3) is 5.91 Å². The number of methoxy groups -OCH3 is 1. The first-order chi connectivity index (χ1) is 14.5. The van der Waals surface area contributed by atoms with Crippen LogP contribution in [0.4, 0.5) is 13.2 Å². The number of nitrogens with one attached hydrogen (secondary N) is 1. The summed E-state index contributed by atoms with van der Waals surface area (Å²) < 4.78 is 46.6. The summed E-state index contributed by atoms with van der Waals surface area (Å²) in [7, 11) is 1.47. The van der Waals surface area contributed by atoms with Gasteiger partial charge in [-0.1, -0.05) is 0 Å². The maximum Gasteiger partial charge on any atom is 0.417 e. The standard InChI is InChI=1S/C20H23F3N6O2/c1-10(2)29-17-14(6-13(8-26-17)20(21,22)23)27-18(29)16(12(4)31-5)28-19(30)15-9-24-11(3)7-25-15/h6-10,12,16H,1-5H3,(H,28,30)/t12-,16+/m1/s1. The molecule has 1 amide bonds. The van der Waals surface area contributed by atoms with Crippen LogP contribution in [0, 0.1) is 6.92 Å². The van der Waals surface area contributed by atoms with Crippen LogP contribution in [-0.2, 0) is 10.9 Å². The fraction of sp³-hybridized carbons (Fsp3) is 0.450. The summed E-state index contributed by atoms with van der Waals surface area (Å²) in [5, 5.41) is 2.82. The summed E-state index contributed by atoms with van der Waals surface area (Å²) in [6.45, 7) is 7.18. The molecule has 0 saturated heterocycles. The molecule has 0 aliphatic rings. The Hall–Kier alpha value is -3.08. The van der Waals surface area contributed by atoms with Crippen molar-refractivity contribution in [2.45, 2.75) is 52.1 Å². The van der Waals surface area contributed by atoms with Crippen molar-refractivity contribution in [1.29, 1.82) is 0 Å². The van der Waals surface area contributed by atoms with Crippen molar-refractivity contribution in [2.24, 2.45) is 0 Å². The van der Waals surface area contributed by atoms with Crippen LogP contribution in [-0.4, -0.2) is 43.6 Å². The van der Waals surface area contributed by atoms with Gasteiger partial charge in [-0.3, -0.25) is 9.78 Å². The van der Waals surface area contributed by atoms with Crippen LogP contribution in [0.15, 0.2) is 24.7 Å². The summed E-state index contributed by atoms with van der Waals surface area (Å²) >= 11 is 0. The summed E-state index contributed by atoms with van der Waals surface area (Å²) in [6.07, 6.45) is -1.49. The number of pyridine rings is 1. The fourth-order valence-electron chi connectivity index (χ4n) is 3.14. The zero-order valence-corrected chi connectivity index (χ0v) is 17.7. The zero-order valence-electron chi connectivity index (χ0n) is 17.7. The van der Waals surface area contributed by atoms with Gasteiger partial charge < -0.3 is 14.6 Å². The van der Waals surface area contributed by atoms with Gasteiger partial charge in [0.2, 0.25) is 0 Å². The molecule has 1 N–H and O–H groups in total. The second-order valence-electron chi connectivity index (χ2n) is 7.43. The lowest BCUT2D eigenvalue weighted by Gasteiger charge is -2.25. The Labute approximate surface area is 176 Å². The Morgan fingerprint density at radius 1 is 1.13 bits per heavy atom. The quantitative estimate of drug-likeness (QED) is 0.634. The van der Waals surface area contributed by atoms with Crippen molar-refractivity contribution >= 4 is 17.1 Å². The predicted molar refractivity (Wildman–Crippen MR) is 106 cm³/mol. The Morgan fingerprint density at radius 3 is 2.39 bits per heavy atom. The van der Waals surface area contributed by atoms with Gasteiger partial charge in [0.05, 0.1) is 23.6 Å². The Bertz CT molecular complexity index is 1080. The molecule has 3 aromatic heterocycles. The molecule has 0 fully saturated rings. The molecule has 3 rings (SSSR count). The molecule has 0 aromatic carbocycles. The van der Waals surface area contributed by atoms with E-state index in [4.69, 9.17) is 4.74 Å². The first kappa shape index (κ1) is 22.6. The maximum atomic E-state index is 13.1. The van der Waals surface area contributed by atoms with E-state index >= 15 is 0 Å². The number of carbonyl (C=O) groups excluding carboxylic acids is 1. The molecular weight excluding hydrogens is 413 g/mol. The van der Waals surface area contributed by atoms with Crippen LogP contribution in [0.2, 0.25) is 0 Å². The Balaban J connectivity index is 2.09. The lowest BCUT2D eigenvalue weighted by molar-refractivity contribution is -0.137. The van der Waals surface area contributed by atoms with Crippen LogP contribution in [0.25, 0.3) is 11.2 Å². The van der Waals surface area contributed by atoms with E-state index in [-0.39, 0.29) is 22.9 Å². The number of carbonyl (C=O) groups is 1. The molecular formula is C20H23F3N6O2. The SMILES string of the molecule is CO[C@H](C)[C@H](NC(=O)c1cnc(C)cn1)c1nc2cc(C(F)(F)F)cnc2n1C(C)C. The molecule has 0 spiro atoms. The number of nitrogens with zero attached hydrogens (tertiary/aromatic N) is 5. The normalized spacial score (nSPS) is 14.1. The number of halogens is 3. The molecule has 0 aliphatic heterocycles. The first-order valence-corrected chi connectivity index (χ1v) is 9.60. The smallest absolute Gasteiger partial charge is 0.379 e. The van der Waals surface area contributed by atoms with E-state index in [0.29, 0.717) is 11.5 Å². The largest absolute Gasteiger partial charge is 0.417 e. The number of ether oxygens (including phenoxy) is 1. The second-order valence-corrected chi connectivity index (χ2v) is 7.43. The van der Waals surface area contributed by atoms with Crippen LogP contribution >= 0.6 is 0 Å². The fourth-order valence-corrected chi connectivity index (χ4v) is 3.14. The molecule has 31 heavy (non-hydrogen) atoms. The number of hydrogen-bond donors (Lipinski definition) is 1. The molecule has 0 saturated carbocycles. The van der Waals surface area contributed by atoms with Crippen LogP contribution < -0.4 is 5.32 Å². The Kier molecular flexibility index (Phi) is 6.25. The van der Waals surface area contributed by atoms with Gasteiger partial charge in [-0.25, -0.2) is 15.0 Å². The Morgan fingerprint density at radius 2 is 1.84 bits per heavy atom. The molecule has 8 nitrogen and oxygen atoms in total. The van der Waals surface area contributed by atoms with Crippen LogP contribution in [0.1, 0.15) is 60.4 Å². The van der Waals surface area contributed by atoms with Crippen molar-refractivity contribution in [3.63, 3.8) is 0 Å². The molecule has 0 radical (unpaired) electrons. The summed E-state index contributed by atoms with van der Waals surface area (Å²) in [5.41, 5.74) is 0.234. The summed E-state index contributed by atoms with van der Waals surface area (Å²) in [5.74, 6) is -0.174. The third-order valence-electron chi connectivity index (χ3n) is 4.82. The van der Waals surface area contributed by atoms with E-state index in [1.165, 1.54) is 19.5 Å². The highest BCUT2D eigenvalue weighted by Gasteiger charge is 2.34. The van der Waals surface area contributed by atoms with Crippen molar-refractivity contribution in [3.05, 3.63) is 47.4 Å². The van der Waals surface area contributed by atoms with Crippen molar-refractivity contribution in [3.8, 4) is 0 Å². The van der Waals surface area contributed by atoms with Crippen LogP contribution in [0.3, 0.4) is 0 Å². The van der Waals surface area contributed by atoms with Gasteiger partial charge in [0.1, 0.15) is 23.1 Å². The highest BCUT2D eigenvalue weighted by Crippen LogP contribution is 2.32. The molecule has 3 aromatic rings. The number of fused-ring (bicyclic) bond motifs is 1. The van der Waals surface area contributed by atoms with Gasteiger partial charge in [-0.15, -0.1) is 0 Å². The van der Waals surface area contributed by atoms with Crippen molar-refractivity contribution in [1.82, 2.24) is 29.8 Å². The van der Waals surface area contributed by atoms with E-state index in [1.807, 2.05) is 13.8 Å². The van der Waals surface area contributed by atoms with Gasteiger partial charge >= 0.3 is 6.18 Å². The monoisotopic (exact) mass is 436 g/mol. The van der Waals surface area contributed by atoms with Gasteiger partial charge in [-0.2, -0.15) is 13.2 Å². The lowest BCUT2D eigenvalue weighted by Crippen LogP contribution is -2.38. The van der Waals surface area contributed by atoms with Crippen LogP contribution in [0.5, 0.6) is 0 Å². The van der Waals surface area contributed by atoms with E-state index < -0.39 is 29.8 Å². The molecule has 0 aliphatic carbocycles. The van der Waals surface area contributed by atoms with Crippen molar-refractivity contribution < 1.29 is 22.7 Å². The number of amides is 1. The number of aryl methyl sites for hydroxylation is 1. The van der Waals surface area contributed by atoms with Gasteiger partial charge in [-0.05, 0) is 33.8 Å². The van der Waals surface area contributed by atoms with Crippen molar-refractivity contribution in [2.75, 3.05) is 7.11 Å². The third-order valence-corrected chi connectivity index (χ3v) is 4.82. The number of aromatic nitrogens is 5. The minimum absolute atomic E-state index is 0.0798. The van der Waals surface area contributed by atoms with E-state index in [9.17, 15) is 18.0 Å². The summed E-state index contributed by atoms with van der Waals surface area (Å²) in [6, 6.07) is -0.00891. The van der Waals surface area contributed by atoms with E-state index in [2.05, 4.69) is 25.3 Å². The zero-order chi connectivity index (χ0) is 22.9. The predicted octanol–water partition coefficient (Wildman–Crippen LogP) is 3.64. The van der Waals surface area contributed by atoms with Gasteiger partial charge in [0.15, 0.2) is 5.65 Å². The van der Waals surface area contributed by atoms with E-state index in [1.54, 1.807) is 18.4 Å². The number of alkyl halides is 3. The molecule has 3 heterocycles. The molecule has 2 atom stereocenters.